The fraction of sp³-hybridized carbons (Fsp3) is 0.833. The maximum absolute atomic E-state index is 12.0. The number of amides is 1. The molecule has 0 aromatic carbocycles. The highest BCUT2D eigenvalue weighted by Gasteiger charge is 2.35. The van der Waals surface area contributed by atoms with Gasteiger partial charge in [0.2, 0.25) is 5.91 Å². The van der Waals surface area contributed by atoms with Gasteiger partial charge in [0.15, 0.2) is 5.84 Å². The van der Waals surface area contributed by atoms with Gasteiger partial charge in [-0.05, 0) is 27.4 Å². The third kappa shape index (κ3) is 5.89. The number of amidine groups is 1. The van der Waals surface area contributed by atoms with Crippen LogP contribution in [0.15, 0.2) is 5.16 Å². The van der Waals surface area contributed by atoms with E-state index in [9.17, 15) is 4.79 Å². The molecule has 0 aliphatic rings. The first kappa shape index (κ1) is 17.7. The lowest BCUT2D eigenvalue weighted by Gasteiger charge is -2.25. The molecule has 112 valence electrons. The second-order valence-electron chi connectivity index (χ2n) is 4.84. The largest absolute Gasteiger partial charge is 0.409 e. The molecule has 0 aliphatic heterocycles. The Morgan fingerprint density at radius 2 is 2.11 bits per heavy atom. The molecule has 0 radical (unpaired) electrons. The summed E-state index contributed by atoms with van der Waals surface area (Å²) in [4.78, 5) is 14.0. The molecule has 0 bridgehead atoms. The minimum atomic E-state index is -0.988. The Hall–Kier alpha value is -1.34. The monoisotopic (exact) mass is 274 g/mol. The topological polar surface area (TPSA) is 100 Å². The summed E-state index contributed by atoms with van der Waals surface area (Å²) in [5.74, 6) is -0.345. The molecule has 4 N–H and O–H groups in total. The molecule has 0 saturated carbocycles. The maximum atomic E-state index is 12.0. The van der Waals surface area contributed by atoms with E-state index in [4.69, 9.17) is 15.7 Å². The van der Waals surface area contributed by atoms with Crippen molar-refractivity contribution < 1.29 is 14.7 Å². The Balaban J connectivity index is 4.03. The van der Waals surface area contributed by atoms with Gasteiger partial charge in [0.05, 0.1) is 13.2 Å². The molecular formula is C12H26N4O3. The summed E-state index contributed by atoms with van der Waals surface area (Å²) >= 11 is 0. The van der Waals surface area contributed by atoms with Crippen LogP contribution in [0.25, 0.3) is 0 Å². The van der Waals surface area contributed by atoms with Crippen molar-refractivity contribution in [2.24, 2.45) is 16.3 Å². The maximum Gasteiger partial charge on any atom is 0.233 e. The first-order valence-electron chi connectivity index (χ1n) is 6.37. The summed E-state index contributed by atoms with van der Waals surface area (Å²) in [5, 5.41) is 14.4. The molecule has 0 fully saturated rings. The van der Waals surface area contributed by atoms with E-state index >= 15 is 0 Å². The molecule has 19 heavy (non-hydrogen) atoms. The second kappa shape index (κ2) is 8.71. The van der Waals surface area contributed by atoms with E-state index in [1.54, 1.807) is 6.92 Å². The predicted molar refractivity (Wildman–Crippen MR) is 74.2 cm³/mol. The van der Waals surface area contributed by atoms with Crippen LogP contribution < -0.4 is 11.1 Å². The van der Waals surface area contributed by atoms with Crippen molar-refractivity contribution in [1.29, 1.82) is 0 Å². The number of carbonyl (C=O) groups is 1. The standard InChI is InChI=1S/C12H26N4O3/c1-5-12(2,10(13)15-18)11(17)14-6-8-19-9-7-16(3)4/h18H,5-9H2,1-4H3,(H2,13,15)(H,14,17). The van der Waals surface area contributed by atoms with Crippen molar-refractivity contribution in [2.45, 2.75) is 20.3 Å². The molecule has 0 aliphatic carbocycles. The van der Waals surface area contributed by atoms with Gasteiger partial charge in [-0.2, -0.15) is 0 Å². The first-order chi connectivity index (χ1) is 8.88. The van der Waals surface area contributed by atoms with Crippen LogP contribution in [-0.4, -0.2) is 62.2 Å². The van der Waals surface area contributed by atoms with Gasteiger partial charge in [-0.15, -0.1) is 0 Å². The number of hydrogen-bond acceptors (Lipinski definition) is 5. The van der Waals surface area contributed by atoms with Crippen LogP contribution in [0.2, 0.25) is 0 Å². The number of likely N-dealkylation sites (N-methyl/N-ethyl adjacent to an activating group) is 1. The van der Waals surface area contributed by atoms with Crippen molar-refractivity contribution in [3.05, 3.63) is 0 Å². The van der Waals surface area contributed by atoms with Gasteiger partial charge < -0.3 is 25.9 Å². The average molecular weight is 274 g/mol. The van der Waals surface area contributed by atoms with E-state index in [0.717, 1.165) is 6.54 Å². The molecule has 0 saturated heterocycles. The fourth-order valence-corrected chi connectivity index (χ4v) is 1.35. The molecule has 1 amide bonds. The van der Waals surface area contributed by atoms with Gasteiger partial charge in [0.25, 0.3) is 0 Å². The van der Waals surface area contributed by atoms with Crippen LogP contribution in [0.5, 0.6) is 0 Å². The van der Waals surface area contributed by atoms with Crippen LogP contribution in [-0.2, 0) is 9.53 Å². The van der Waals surface area contributed by atoms with Crippen molar-refractivity contribution >= 4 is 11.7 Å². The highest BCUT2D eigenvalue weighted by molar-refractivity contribution is 6.06. The summed E-state index contributed by atoms with van der Waals surface area (Å²) in [6.45, 7) is 5.75. The van der Waals surface area contributed by atoms with Crippen LogP contribution in [0.1, 0.15) is 20.3 Å². The van der Waals surface area contributed by atoms with E-state index in [-0.39, 0.29) is 11.7 Å². The van der Waals surface area contributed by atoms with Crippen LogP contribution in [0.3, 0.4) is 0 Å². The molecule has 0 aromatic heterocycles. The zero-order valence-electron chi connectivity index (χ0n) is 12.3. The lowest BCUT2D eigenvalue weighted by Crippen LogP contribution is -2.48. The first-order valence-corrected chi connectivity index (χ1v) is 6.37. The fourth-order valence-electron chi connectivity index (χ4n) is 1.35. The van der Waals surface area contributed by atoms with E-state index in [1.807, 2.05) is 25.9 Å². The molecule has 1 atom stereocenters. The minimum absolute atomic E-state index is 0.0824. The lowest BCUT2D eigenvalue weighted by molar-refractivity contribution is -0.127. The zero-order valence-corrected chi connectivity index (χ0v) is 12.3. The van der Waals surface area contributed by atoms with Crippen LogP contribution in [0.4, 0.5) is 0 Å². The number of nitrogens with one attached hydrogen (secondary N) is 1. The smallest absolute Gasteiger partial charge is 0.233 e. The van der Waals surface area contributed by atoms with Crippen LogP contribution >= 0.6 is 0 Å². The zero-order chi connectivity index (χ0) is 14.9. The van der Waals surface area contributed by atoms with Gasteiger partial charge in [-0.1, -0.05) is 12.1 Å². The summed E-state index contributed by atoms with van der Waals surface area (Å²) in [6.07, 6.45) is 0.455. The number of nitrogens with zero attached hydrogens (tertiary/aromatic N) is 2. The second-order valence-corrected chi connectivity index (χ2v) is 4.84. The summed E-state index contributed by atoms with van der Waals surface area (Å²) in [5.41, 5.74) is 4.56. The number of carbonyl (C=O) groups excluding carboxylic acids is 1. The average Bonchev–Trinajstić information content (AvgIpc) is 2.39. The summed E-state index contributed by atoms with van der Waals surface area (Å²) < 4.78 is 5.36. The summed E-state index contributed by atoms with van der Waals surface area (Å²) in [7, 11) is 3.93. The van der Waals surface area contributed by atoms with Crippen molar-refractivity contribution in [2.75, 3.05) is 40.4 Å². The van der Waals surface area contributed by atoms with Crippen LogP contribution in [0, 0.1) is 5.41 Å². The van der Waals surface area contributed by atoms with Gasteiger partial charge >= 0.3 is 0 Å². The molecule has 0 heterocycles. The van der Waals surface area contributed by atoms with E-state index in [2.05, 4.69) is 10.5 Å². The molecule has 0 spiro atoms. The Labute approximate surface area is 114 Å². The third-order valence-corrected chi connectivity index (χ3v) is 3.10. The van der Waals surface area contributed by atoms with E-state index < -0.39 is 5.41 Å². The number of ether oxygens (including phenoxy) is 1. The summed E-state index contributed by atoms with van der Waals surface area (Å²) in [6, 6.07) is 0. The van der Waals surface area contributed by atoms with Gasteiger partial charge in [-0.3, -0.25) is 4.79 Å². The van der Waals surface area contributed by atoms with E-state index in [1.165, 1.54) is 0 Å². The quantitative estimate of drug-likeness (QED) is 0.178. The SMILES string of the molecule is CCC(C)(C(=O)NCCOCCN(C)C)C(N)=NO. The number of hydrogen-bond donors (Lipinski definition) is 3. The highest BCUT2D eigenvalue weighted by Crippen LogP contribution is 2.21. The normalized spacial score (nSPS) is 15.3. The highest BCUT2D eigenvalue weighted by atomic mass is 16.5. The number of nitrogens with two attached hydrogens (primary N) is 1. The number of rotatable bonds is 9. The molecular weight excluding hydrogens is 248 g/mol. The van der Waals surface area contributed by atoms with E-state index in [0.29, 0.717) is 26.2 Å². The molecule has 1 unspecified atom stereocenters. The van der Waals surface area contributed by atoms with Crippen molar-refractivity contribution in [1.82, 2.24) is 10.2 Å². The van der Waals surface area contributed by atoms with Gasteiger partial charge in [0.1, 0.15) is 5.41 Å². The Kier molecular flexibility index (Phi) is 8.09. The number of oxime groups is 1. The third-order valence-electron chi connectivity index (χ3n) is 3.10. The Bertz CT molecular complexity index is 307. The van der Waals surface area contributed by atoms with Gasteiger partial charge in [0, 0.05) is 13.1 Å². The van der Waals surface area contributed by atoms with Gasteiger partial charge in [-0.25, -0.2) is 0 Å². The minimum Gasteiger partial charge on any atom is -0.409 e. The molecule has 0 aromatic rings. The predicted octanol–water partition coefficient (Wildman–Crippen LogP) is -0.156. The molecule has 7 heteroatoms. The Morgan fingerprint density at radius 3 is 2.58 bits per heavy atom. The molecule has 0 rings (SSSR count). The molecule has 7 nitrogen and oxygen atoms in total. The van der Waals surface area contributed by atoms with Crippen molar-refractivity contribution in [3.8, 4) is 0 Å². The van der Waals surface area contributed by atoms with Crippen molar-refractivity contribution in [3.63, 3.8) is 0 Å². The Morgan fingerprint density at radius 1 is 1.47 bits per heavy atom. The lowest BCUT2D eigenvalue weighted by atomic mass is 9.85.